The molecular formula is C24H33Cl2N3O5S. The van der Waals surface area contributed by atoms with Gasteiger partial charge in [0.2, 0.25) is 10.0 Å². The minimum Gasteiger partial charge on any atom is -0.484 e. The molecule has 0 radical (unpaired) electrons. The van der Waals surface area contributed by atoms with Crippen molar-refractivity contribution in [3.05, 3.63) is 57.6 Å². The van der Waals surface area contributed by atoms with E-state index >= 15 is 0 Å². The quantitative estimate of drug-likeness (QED) is 0.386. The lowest BCUT2D eigenvalue weighted by Gasteiger charge is -2.27. The van der Waals surface area contributed by atoms with Crippen LogP contribution in [0, 0.1) is 0 Å². The van der Waals surface area contributed by atoms with E-state index in [1.54, 1.807) is 30.3 Å². The second-order valence-electron chi connectivity index (χ2n) is 8.54. The molecule has 2 N–H and O–H groups in total. The van der Waals surface area contributed by atoms with Gasteiger partial charge in [-0.15, -0.1) is 0 Å². The molecule has 8 nitrogen and oxygen atoms in total. The van der Waals surface area contributed by atoms with Crippen LogP contribution in [0.3, 0.4) is 0 Å². The van der Waals surface area contributed by atoms with Crippen molar-refractivity contribution >= 4 is 33.2 Å². The molecule has 0 saturated heterocycles. The van der Waals surface area contributed by atoms with Gasteiger partial charge in [-0.05, 0) is 62.5 Å². The lowest BCUT2D eigenvalue weighted by Crippen LogP contribution is -2.34. The number of benzene rings is 2. The maximum Gasteiger partial charge on any atom is 0.242 e. The van der Waals surface area contributed by atoms with E-state index in [1.807, 2.05) is 20.2 Å². The Morgan fingerprint density at radius 1 is 1.00 bits per heavy atom. The zero-order valence-corrected chi connectivity index (χ0v) is 22.6. The summed E-state index contributed by atoms with van der Waals surface area (Å²) in [6.45, 7) is 2.23. The first-order valence-electron chi connectivity index (χ1n) is 11.4. The highest BCUT2D eigenvalue weighted by atomic mass is 35.5. The molecule has 1 aliphatic carbocycles. The fourth-order valence-electron chi connectivity index (χ4n) is 3.95. The first kappa shape index (κ1) is 28.1. The number of rotatable bonds is 13. The van der Waals surface area contributed by atoms with Crippen LogP contribution in [0.5, 0.6) is 5.75 Å². The van der Waals surface area contributed by atoms with Gasteiger partial charge in [-0.2, -0.15) is 4.31 Å². The summed E-state index contributed by atoms with van der Waals surface area (Å²) in [6, 6.07) is 10.1. The molecule has 0 bridgehead atoms. The highest BCUT2D eigenvalue weighted by Crippen LogP contribution is 2.42. The number of nitrogens with zero attached hydrogens (tertiary/aromatic N) is 2. The maximum atomic E-state index is 12.9. The first-order chi connectivity index (χ1) is 16.6. The molecule has 1 aliphatic rings. The van der Waals surface area contributed by atoms with Crippen LogP contribution in [0.2, 0.25) is 10.0 Å². The second kappa shape index (κ2) is 12.7. The summed E-state index contributed by atoms with van der Waals surface area (Å²) in [7, 11) is 1.85. The van der Waals surface area contributed by atoms with Crippen LogP contribution in [-0.4, -0.2) is 84.3 Å². The number of hydrogen-bond donors (Lipinski definition) is 1. The lowest BCUT2D eigenvalue weighted by molar-refractivity contribution is 0.0484. The van der Waals surface area contributed by atoms with E-state index in [1.165, 1.54) is 11.4 Å². The number of likely N-dealkylation sites (N-methyl/N-ethyl adjacent to an activating group) is 2. The molecule has 11 heteroatoms. The van der Waals surface area contributed by atoms with Gasteiger partial charge in [0, 0.05) is 35.7 Å². The third-order valence-electron chi connectivity index (χ3n) is 5.91. The van der Waals surface area contributed by atoms with Crippen LogP contribution in [0.1, 0.15) is 17.2 Å². The van der Waals surface area contributed by atoms with Crippen molar-refractivity contribution < 1.29 is 22.6 Å². The summed E-state index contributed by atoms with van der Waals surface area (Å²) in [5.74, 6) is 0.563. The van der Waals surface area contributed by atoms with Gasteiger partial charge in [-0.1, -0.05) is 23.2 Å². The Labute approximate surface area is 217 Å². The van der Waals surface area contributed by atoms with Gasteiger partial charge < -0.3 is 24.8 Å². The Morgan fingerprint density at radius 3 is 2.29 bits per heavy atom. The van der Waals surface area contributed by atoms with E-state index in [-0.39, 0.29) is 30.2 Å². The SMILES string of the molecule is CN(C)[C@@H]1Cc2c(Cl)cc(Cl)cc2[C@@H]1Oc1ccc(S(=O)(=O)N(C)CCOCCOCCN)cc1. The molecule has 35 heavy (non-hydrogen) atoms. The predicted molar refractivity (Wildman–Crippen MR) is 138 cm³/mol. The Morgan fingerprint density at radius 2 is 1.66 bits per heavy atom. The second-order valence-corrected chi connectivity index (χ2v) is 11.4. The van der Waals surface area contributed by atoms with Crippen LogP contribution in [-0.2, 0) is 25.9 Å². The molecule has 194 valence electrons. The zero-order chi connectivity index (χ0) is 25.6. The van der Waals surface area contributed by atoms with Gasteiger partial charge in [-0.25, -0.2) is 8.42 Å². The molecular weight excluding hydrogens is 513 g/mol. The van der Waals surface area contributed by atoms with E-state index < -0.39 is 10.0 Å². The molecule has 2 aromatic rings. The first-order valence-corrected chi connectivity index (χ1v) is 13.6. The van der Waals surface area contributed by atoms with Gasteiger partial charge in [0.15, 0.2) is 0 Å². The van der Waals surface area contributed by atoms with Crippen LogP contribution >= 0.6 is 23.2 Å². The van der Waals surface area contributed by atoms with Crippen molar-refractivity contribution in [3.8, 4) is 5.75 Å². The maximum absolute atomic E-state index is 12.9. The summed E-state index contributed by atoms with van der Waals surface area (Å²) in [5, 5.41) is 1.18. The fourth-order valence-corrected chi connectivity index (χ4v) is 5.69. The monoisotopic (exact) mass is 545 g/mol. The van der Waals surface area contributed by atoms with Crippen LogP contribution in [0.15, 0.2) is 41.3 Å². The number of nitrogens with two attached hydrogens (primary N) is 1. The Kier molecular flexibility index (Phi) is 10.2. The molecule has 0 unspecified atom stereocenters. The Balaban J connectivity index is 1.64. The highest BCUT2D eigenvalue weighted by molar-refractivity contribution is 7.89. The Hall–Kier alpha value is -1.43. The summed E-state index contributed by atoms with van der Waals surface area (Å²) in [6.07, 6.45) is 0.453. The third kappa shape index (κ3) is 7.08. The van der Waals surface area contributed by atoms with Gasteiger partial charge in [0.05, 0.1) is 37.4 Å². The van der Waals surface area contributed by atoms with Crippen LogP contribution in [0.25, 0.3) is 0 Å². The smallest absolute Gasteiger partial charge is 0.242 e. The minimum absolute atomic E-state index is 0.0659. The van der Waals surface area contributed by atoms with Crippen molar-refractivity contribution in [1.82, 2.24) is 9.21 Å². The minimum atomic E-state index is -3.66. The number of halogens is 2. The average molecular weight is 547 g/mol. The van der Waals surface area contributed by atoms with Crippen molar-refractivity contribution in [1.29, 1.82) is 0 Å². The van der Waals surface area contributed by atoms with Crippen molar-refractivity contribution in [2.75, 3.05) is 60.7 Å². The lowest BCUT2D eigenvalue weighted by atomic mass is 10.1. The molecule has 0 fully saturated rings. The molecule has 3 rings (SSSR count). The van der Waals surface area contributed by atoms with Gasteiger partial charge >= 0.3 is 0 Å². The number of ether oxygens (including phenoxy) is 3. The van der Waals surface area contributed by atoms with Gasteiger partial charge in [0.1, 0.15) is 11.9 Å². The van der Waals surface area contributed by atoms with Crippen molar-refractivity contribution in [2.24, 2.45) is 5.73 Å². The molecule has 0 heterocycles. The van der Waals surface area contributed by atoms with E-state index in [0.717, 1.165) is 17.5 Å². The molecule has 2 atom stereocenters. The van der Waals surface area contributed by atoms with E-state index in [4.69, 9.17) is 43.1 Å². The standard InChI is InChI=1S/C24H33Cl2N3O5S/c1-28(2)23-16-20-21(14-17(25)15-22(20)26)24(23)34-18-4-6-19(7-5-18)35(30,31)29(3)9-11-33-13-12-32-10-8-27/h4-7,14-15,23-24H,8-13,16,27H2,1-3H3/t23-,24+/m1/s1. The predicted octanol–water partition coefficient (Wildman–Crippen LogP) is 3.21. The van der Waals surface area contributed by atoms with Gasteiger partial charge in [0.25, 0.3) is 0 Å². The van der Waals surface area contributed by atoms with E-state index in [0.29, 0.717) is 42.2 Å². The number of hydrogen-bond acceptors (Lipinski definition) is 7. The number of fused-ring (bicyclic) bond motifs is 1. The molecule has 0 aromatic heterocycles. The molecule has 0 aliphatic heterocycles. The van der Waals surface area contributed by atoms with Crippen LogP contribution in [0.4, 0.5) is 0 Å². The van der Waals surface area contributed by atoms with E-state index in [2.05, 4.69) is 4.90 Å². The fraction of sp³-hybridized carbons (Fsp3) is 0.500. The summed E-state index contributed by atoms with van der Waals surface area (Å²) in [4.78, 5) is 2.27. The topological polar surface area (TPSA) is 94.3 Å². The largest absolute Gasteiger partial charge is 0.484 e. The van der Waals surface area contributed by atoms with Crippen molar-refractivity contribution in [2.45, 2.75) is 23.5 Å². The summed E-state index contributed by atoms with van der Waals surface area (Å²) < 4.78 is 44.1. The van der Waals surface area contributed by atoms with Crippen LogP contribution < -0.4 is 10.5 Å². The number of sulfonamides is 1. The normalized spacial score (nSPS) is 17.8. The third-order valence-corrected chi connectivity index (χ3v) is 8.33. The summed E-state index contributed by atoms with van der Waals surface area (Å²) >= 11 is 12.7. The summed E-state index contributed by atoms with van der Waals surface area (Å²) in [5.41, 5.74) is 7.32. The molecule has 0 amide bonds. The van der Waals surface area contributed by atoms with Gasteiger partial charge in [-0.3, -0.25) is 0 Å². The molecule has 2 aromatic carbocycles. The Bertz CT molecular complexity index is 1080. The van der Waals surface area contributed by atoms with Crippen molar-refractivity contribution in [3.63, 3.8) is 0 Å². The average Bonchev–Trinajstić information content (AvgIpc) is 3.17. The zero-order valence-electron chi connectivity index (χ0n) is 20.2. The highest BCUT2D eigenvalue weighted by Gasteiger charge is 2.37. The molecule has 0 saturated carbocycles. The van der Waals surface area contributed by atoms with E-state index in [9.17, 15) is 8.42 Å². The molecule has 0 spiro atoms.